The maximum absolute atomic E-state index is 13.1. The fraction of sp³-hybridized carbons (Fsp3) is 0.429. The summed E-state index contributed by atoms with van der Waals surface area (Å²) in [6, 6.07) is 10.4. The molecule has 1 fully saturated rings. The molecule has 0 spiro atoms. The van der Waals surface area contributed by atoms with Crippen LogP contribution in [0.2, 0.25) is 0 Å². The third-order valence-corrected chi connectivity index (χ3v) is 12.3. The highest BCUT2D eigenvalue weighted by atomic mass is 16.6. The van der Waals surface area contributed by atoms with E-state index >= 15 is 0 Å². The summed E-state index contributed by atoms with van der Waals surface area (Å²) in [5.41, 5.74) is 14.3. The third-order valence-electron chi connectivity index (χ3n) is 12.3. The van der Waals surface area contributed by atoms with E-state index in [1.807, 2.05) is 47.4 Å². The summed E-state index contributed by atoms with van der Waals surface area (Å²) in [5.74, 6) is 1.76. The number of pyridine rings is 1. The molecule has 8 heterocycles. The van der Waals surface area contributed by atoms with Crippen LogP contribution in [0, 0.1) is 0 Å². The highest BCUT2D eigenvalue weighted by Crippen LogP contribution is 2.32. The van der Waals surface area contributed by atoms with Crippen molar-refractivity contribution in [1.82, 2.24) is 59.9 Å². The van der Waals surface area contributed by atoms with Crippen molar-refractivity contribution in [2.75, 3.05) is 108 Å². The number of aromatic amines is 1. The molecule has 6 aromatic heterocycles. The van der Waals surface area contributed by atoms with E-state index in [0.29, 0.717) is 126 Å². The molecule has 7 aromatic rings. The van der Waals surface area contributed by atoms with Gasteiger partial charge in [0.25, 0.3) is 0 Å². The number of ether oxygens (including phenoxy) is 4. The molecule has 0 radical (unpaired) electrons. The fourth-order valence-electron chi connectivity index (χ4n) is 8.60. The molecule has 9 rings (SSSR count). The highest BCUT2D eigenvalue weighted by molar-refractivity contribution is 5.99. The fourth-order valence-corrected chi connectivity index (χ4v) is 8.60. The molecule has 1 saturated heterocycles. The minimum absolute atomic E-state index is 0.0111. The standard InChI is InChI=1S/C49H59N15O6/c1-51-25-35-26-54-48(55-27-35)61-11-13-62(14-12-61)49-56-29-40(30-57-49)41(65)3-2-15-67-17-19-69-21-22-70-20-18-68-16-8-42(66)63-10-7-36-23-34(4-5-38(36)32-63)31-64-47-43(45(50)58-33-59-47)44(60-64)39-24-37-6-9-52-46(37)53-28-39/h4-6,9,23-24,26-30,33,51H,2-3,7-8,10-22,25,31-32H2,1H3,(H,52,53)(H2,50,58,59). The molecule has 1 amide bonds. The van der Waals surface area contributed by atoms with E-state index in [9.17, 15) is 9.59 Å². The van der Waals surface area contributed by atoms with Crippen molar-refractivity contribution in [2.45, 2.75) is 45.3 Å². The molecule has 0 saturated carbocycles. The van der Waals surface area contributed by atoms with Crippen LogP contribution in [-0.4, -0.2) is 159 Å². The van der Waals surface area contributed by atoms with Gasteiger partial charge in [-0.1, -0.05) is 18.2 Å². The van der Waals surface area contributed by atoms with Crippen LogP contribution in [0.15, 0.2) is 73.8 Å². The van der Waals surface area contributed by atoms with Gasteiger partial charge in [0.15, 0.2) is 11.4 Å². The van der Waals surface area contributed by atoms with Crippen LogP contribution in [0.5, 0.6) is 0 Å². The van der Waals surface area contributed by atoms with Crippen LogP contribution in [0.4, 0.5) is 17.7 Å². The van der Waals surface area contributed by atoms with Gasteiger partial charge in [0, 0.05) is 113 Å². The number of hydrogen-bond donors (Lipinski definition) is 3. The van der Waals surface area contributed by atoms with Crippen LogP contribution in [0.25, 0.3) is 33.3 Å². The Morgan fingerprint density at radius 1 is 0.714 bits per heavy atom. The van der Waals surface area contributed by atoms with Crippen LogP contribution >= 0.6 is 0 Å². The number of carbonyl (C=O) groups excluding carboxylic acids is 2. The molecule has 0 bridgehead atoms. The first kappa shape index (κ1) is 48.0. The zero-order valence-electron chi connectivity index (χ0n) is 39.5. The molecule has 2 aliphatic heterocycles. The lowest BCUT2D eigenvalue weighted by Gasteiger charge is -2.34. The highest BCUT2D eigenvalue weighted by Gasteiger charge is 2.24. The van der Waals surface area contributed by atoms with Crippen LogP contribution < -0.4 is 20.9 Å². The molecular formula is C49H59N15O6. The SMILES string of the molecule is CNCc1cnc(N2CCN(c3ncc(C(=O)CCCOCCOCCOCCOCCC(=O)N4CCc5cc(Cn6nc(-c7cnc8[nH]ccc8c7)c7c(N)ncnc76)ccc5C4)cn3)CC2)nc1. The van der Waals surface area contributed by atoms with Crippen molar-refractivity contribution in [2.24, 2.45) is 0 Å². The first-order valence-electron chi connectivity index (χ1n) is 23.8. The van der Waals surface area contributed by atoms with Gasteiger partial charge in [0.1, 0.15) is 23.5 Å². The van der Waals surface area contributed by atoms with Crippen LogP contribution in [0.1, 0.15) is 51.9 Å². The molecule has 70 heavy (non-hydrogen) atoms. The predicted octanol–water partition coefficient (Wildman–Crippen LogP) is 3.63. The lowest BCUT2D eigenvalue weighted by molar-refractivity contribution is -0.133. The number of nitrogens with two attached hydrogens (primary N) is 1. The summed E-state index contributed by atoms with van der Waals surface area (Å²) < 4.78 is 24.4. The number of Topliss-reactive ketones (excluding diaryl/α,β-unsaturated/α-hetero) is 1. The first-order chi connectivity index (χ1) is 34.4. The number of hydrogen-bond acceptors (Lipinski definition) is 18. The number of H-pyrrole nitrogens is 1. The van der Waals surface area contributed by atoms with E-state index in [4.69, 9.17) is 29.8 Å². The summed E-state index contributed by atoms with van der Waals surface area (Å²) in [6.07, 6.45) is 14.0. The third kappa shape index (κ3) is 12.0. The molecule has 21 heteroatoms. The molecule has 0 aliphatic carbocycles. The Bertz CT molecular complexity index is 2830. The number of carbonyl (C=O) groups is 2. The van der Waals surface area contributed by atoms with E-state index in [-0.39, 0.29) is 11.7 Å². The van der Waals surface area contributed by atoms with Crippen molar-refractivity contribution in [3.8, 4) is 11.3 Å². The molecule has 2 aliphatic rings. The predicted molar refractivity (Wildman–Crippen MR) is 262 cm³/mol. The minimum Gasteiger partial charge on any atom is -0.383 e. The molecule has 4 N–H and O–H groups in total. The minimum atomic E-state index is -0.0111. The Hall–Kier alpha value is -7.04. The van der Waals surface area contributed by atoms with Gasteiger partial charge >= 0.3 is 0 Å². The number of nitrogen functional groups attached to an aromatic ring is 1. The molecule has 1 aromatic carbocycles. The van der Waals surface area contributed by atoms with E-state index in [1.165, 1.54) is 11.9 Å². The van der Waals surface area contributed by atoms with E-state index in [0.717, 1.165) is 78.4 Å². The van der Waals surface area contributed by atoms with E-state index in [1.54, 1.807) is 18.6 Å². The van der Waals surface area contributed by atoms with Gasteiger partial charge in [-0.05, 0) is 48.7 Å². The van der Waals surface area contributed by atoms with Gasteiger partial charge in [-0.3, -0.25) is 9.59 Å². The quantitative estimate of drug-likeness (QED) is 0.0579. The summed E-state index contributed by atoms with van der Waals surface area (Å²) in [6.45, 7) is 8.73. The Labute approximate surface area is 405 Å². The van der Waals surface area contributed by atoms with Crippen LogP contribution in [-0.2, 0) is 49.8 Å². The number of benzene rings is 1. The number of rotatable bonds is 24. The number of nitrogens with one attached hydrogen (secondary N) is 2. The van der Waals surface area contributed by atoms with Gasteiger partial charge in [0.2, 0.25) is 17.8 Å². The van der Waals surface area contributed by atoms with Gasteiger partial charge in [-0.15, -0.1) is 0 Å². The molecule has 0 unspecified atom stereocenters. The van der Waals surface area contributed by atoms with Gasteiger partial charge in [-0.2, -0.15) is 5.10 Å². The summed E-state index contributed by atoms with van der Waals surface area (Å²) in [5, 5.41) is 9.72. The summed E-state index contributed by atoms with van der Waals surface area (Å²) in [7, 11) is 1.90. The van der Waals surface area contributed by atoms with Crippen molar-refractivity contribution >= 4 is 51.5 Å². The Morgan fingerprint density at radius 3 is 2.11 bits per heavy atom. The van der Waals surface area contributed by atoms with Gasteiger partial charge < -0.3 is 49.7 Å². The normalized spacial score (nSPS) is 13.9. The van der Waals surface area contributed by atoms with E-state index in [2.05, 4.69) is 73.2 Å². The summed E-state index contributed by atoms with van der Waals surface area (Å²) >= 11 is 0. The molecule has 0 atom stereocenters. The smallest absolute Gasteiger partial charge is 0.225 e. The lowest BCUT2D eigenvalue weighted by Crippen LogP contribution is -2.47. The summed E-state index contributed by atoms with van der Waals surface area (Å²) in [4.78, 5) is 66.4. The van der Waals surface area contributed by atoms with Crippen molar-refractivity contribution in [3.05, 3.63) is 102 Å². The monoisotopic (exact) mass is 953 g/mol. The second-order valence-electron chi connectivity index (χ2n) is 17.2. The average Bonchev–Trinajstić information content (AvgIpc) is 4.03. The molecule has 21 nitrogen and oxygen atoms in total. The number of nitrogens with zero attached hydrogens (tertiary/aromatic N) is 12. The largest absolute Gasteiger partial charge is 0.383 e. The van der Waals surface area contributed by atoms with Gasteiger partial charge in [0.05, 0.1) is 70.2 Å². The maximum Gasteiger partial charge on any atom is 0.225 e. The van der Waals surface area contributed by atoms with E-state index < -0.39 is 0 Å². The van der Waals surface area contributed by atoms with Crippen LogP contribution in [0.3, 0.4) is 0 Å². The number of amides is 1. The zero-order valence-corrected chi connectivity index (χ0v) is 39.5. The number of aromatic nitrogens is 10. The topological polar surface area (TPSA) is 243 Å². The molecular weight excluding hydrogens is 895 g/mol. The zero-order chi connectivity index (χ0) is 48.1. The Balaban J connectivity index is 0.589. The first-order valence-corrected chi connectivity index (χ1v) is 23.8. The van der Waals surface area contributed by atoms with Crippen molar-refractivity contribution < 1.29 is 28.5 Å². The maximum atomic E-state index is 13.1. The van der Waals surface area contributed by atoms with Gasteiger partial charge in [-0.25, -0.2) is 39.6 Å². The second kappa shape index (κ2) is 23.5. The number of anilines is 3. The number of fused-ring (bicyclic) bond motifs is 3. The average molecular weight is 954 g/mol. The van der Waals surface area contributed by atoms with Crippen molar-refractivity contribution in [3.63, 3.8) is 0 Å². The Morgan fingerprint density at radius 2 is 1.40 bits per heavy atom. The van der Waals surface area contributed by atoms with Crippen molar-refractivity contribution in [1.29, 1.82) is 0 Å². The lowest BCUT2D eigenvalue weighted by atomic mass is 9.97. The molecule has 366 valence electrons. The Kier molecular flexibility index (Phi) is 16.1. The number of piperazine rings is 1. The number of ketones is 1. The second-order valence-corrected chi connectivity index (χ2v) is 17.2.